The van der Waals surface area contributed by atoms with Crippen molar-refractivity contribution in [1.29, 1.82) is 0 Å². The summed E-state index contributed by atoms with van der Waals surface area (Å²) in [6, 6.07) is 11.6. The highest BCUT2D eigenvalue weighted by atomic mass is 19.2. The number of nitrogens with one attached hydrogen (secondary N) is 1. The van der Waals surface area contributed by atoms with E-state index in [9.17, 15) is 18.4 Å². The molecule has 2 aromatic rings. The van der Waals surface area contributed by atoms with Crippen LogP contribution in [0.1, 0.15) is 45.6 Å². The average Bonchev–Trinajstić information content (AvgIpc) is 3.54. The lowest BCUT2D eigenvalue weighted by atomic mass is 9.85. The molecule has 3 heterocycles. The molecule has 0 spiro atoms. The van der Waals surface area contributed by atoms with Crippen molar-refractivity contribution < 1.29 is 32.6 Å². The quantitative estimate of drug-likeness (QED) is 0.506. The van der Waals surface area contributed by atoms with Crippen molar-refractivity contribution in [3.63, 3.8) is 0 Å². The second kappa shape index (κ2) is 12.1. The molecule has 10 heteroatoms. The molecule has 0 bridgehead atoms. The van der Waals surface area contributed by atoms with Gasteiger partial charge in [-0.25, -0.2) is 13.6 Å². The Bertz CT molecular complexity index is 1280. The lowest BCUT2D eigenvalue weighted by Gasteiger charge is -2.37. The van der Waals surface area contributed by atoms with Crippen molar-refractivity contribution in [3.05, 3.63) is 77.7 Å². The Morgan fingerprint density at radius 2 is 1.78 bits per heavy atom. The predicted molar refractivity (Wildman–Crippen MR) is 148 cm³/mol. The third-order valence-corrected chi connectivity index (χ3v) is 7.93. The molecule has 8 nitrogen and oxygen atoms in total. The minimum absolute atomic E-state index is 0.0482. The Hall–Kier alpha value is -3.66. The van der Waals surface area contributed by atoms with Crippen LogP contribution in [0.2, 0.25) is 0 Å². The molecule has 0 aliphatic carbocycles. The molecule has 0 aromatic heterocycles. The Morgan fingerprint density at radius 1 is 1.05 bits per heavy atom. The number of carbonyl (C=O) groups excluding carboxylic acids is 2. The van der Waals surface area contributed by atoms with Gasteiger partial charge in [-0.1, -0.05) is 51.1 Å². The summed E-state index contributed by atoms with van der Waals surface area (Å²) in [5, 5.41) is 2.80. The van der Waals surface area contributed by atoms with Crippen molar-refractivity contribution >= 4 is 12.0 Å². The number of benzene rings is 2. The van der Waals surface area contributed by atoms with Gasteiger partial charge in [-0.15, -0.1) is 0 Å². The molecule has 3 aliphatic rings. The van der Waals surface area contributed by atoms with Crippen LogP contribution >= 0.6 is 0 Å². The number of fused-ring (bicyclic) bond motifs is 1. The first-order chi connectivity index (χ1) is 19.6. The van der Waals surface area contributed by atoms with Gasteiger partial charge in [-0.2, -0.15) is 0 Å². The molecule has 2 fully saturated rings. The summed E-state index contributed by atoms with van der Waals surface area (Å²) in [5.74, 6) is -1.59. The first kappa shape index (κ1) is 28.9. The molecule has 0 saturated carbocycles. The first-order valence-corrected chi connectivity index (χ1v) is 14.1. The third kappa shape index (κ3) is 6.48. The summed E-state index contributed by atoms with van der Waals surface area (Å²) in [5.41, 5.74) is 0.220. The normalized spacial score (nSPS) is 21.7. The van der Waals surface area contributed by atoms with Gasteiger partial charge in [0.25, 0.3) is 0 Å². The topological polar surface area (TPSA) is 80.3 Å². The Balaban J connectivity index is 1.36. The monoisotopic (exact) mass is 569 g/mol. The second-order valence-corrected chi connectivity index (χ2v) is 11.8. The summed E-state index contributed by atoms with van der Waals surface area (Å²) in [7, 11) is 0. The number of hydrogen-bond donors (Lipinski definition) is 1. The van der Waals surface area contributed by atoms with Gasteiger partial charge in [0.15, 0.2) is 11.6 Å². The van der Waals surface area contributed by atoms with E-state index in [2.05, 4.69) is 10.2 Å². The highest BCUT2D eigenvalue weighted by Gasteiger charge is 2.51. The van der Waals surface area contributed by atoms with E-state index in [0.29, 0.717) is 31.9 Å². The zero-order valence-electron chi connectivity index (χ0n) is 23.6. The highest BCUT2D eigenvalue weighted by Crippen LogP contribution is 2.39. The van der Waals surface area contributed by atoms with Crippen molar-refractivity contribution in [3.8, 4) is 5.75 Å². The summed E-state index contributed by atoms with van der Waals surface area (Å²) < 4.78 is 44.7. The van der Waals surface area contributed by atoms with E-state index in [1.165, 1.54) is 6.07 Å². The predicted octanol–water partition coefficient (Wildman–Crippen LogP) is 4.99. The average molecular weight is 570 g/mol. The molecule has 3 unspecified atom stereocenters. The third-order valence-electron chi connectivity index (χ3n) is 7.93. The molecule has 2 amide bonds. The largest absolute Gasteiger partial charge is 0.458 e. The summed E-state index contributed by atoms with van der Waals surface area (Å²) in [6.45, 7) is 7.50. The van der Waals surface area contributed by atoms with E-state index in [-0.39, 0.29) is 30.3 Å². The lowest BCUT2D eigenvalue weighted by Crippen LogP contribution is -2.57. The van der Waals surface area contributed by atoms with Crippen molar-refractivity contribution in [2.45, 2.75) is 70.8 Å². The van der Waals surface area contributed by atoms with Gasteiger partial charge in [0, 0.05) is 38.1 Å². The molecule has 1 N–H and O–H groups in total. The van der Waals surface area contributed by atoms with Crippen LogP contribution in [0.5, 0.6) is 5.75 Å². The van der Waals surface area contributed by atoms with Gasteiger partial charge in [0.2, 0.25) is 5.91 Å². The van der Waals surface area contributed by atoms with Crippen molar-refractivity contribution in [2.75, 3.05) is 19.8 Å². The zero-order valence-corrected chi connectivity index (χ0v) is 23.6. The van der Waals surface area contributed by atoms with E-state index in [1.54, 1.807) is 4.90 Å². The molecular weight excluding hydrogens is 532 g/mol. The molecule has 5 rings (SSSR count). The van der Waals surface area contributed by atoms with Gasteiger partial charge < -0.3 is 29.3 Å². The van der Waals surface area contributed by atoms with Gasteiger partial charge in [0.05, 0.1) is 6.04 Å². The van der Waals surface area contributed by atoms with Gasteiger partial charge in [-0.3, -0.25) is 4.79 Å². The standard InChI is InChI=1S/C31H37F2N3O5/c1-31(2,3)28(34-30(38)40-19-20-7-5-4-6-8-20)29(37)35-14-11-25-27(35)26(18-36(25)21-12-15-39-16-13-21)41-22-9-10-23(32)24(33)17-22/h4-10,17-18,21,25,27-28H,11-16,19H2,1-3H3,(H,34,38). The molecule has 41 heavy (non-hydrogen) atoms. The Morgan fingerprint density at radius 3 is 2.46 bits per heavy atom. The van der Waals surface area contributed by atoms with Crippen molar-refractivity contribution in [1.82, 2.24) is 15.1 Å². The number of ether oxygens (including phenoxy) is 3. The minimum atomic E-state index is -1.01. The van der Waals surface area contributed by atoms with Crippen molar-refractivity contribution in [2.24, 2.45) is 5.41 Å². The molecule has 0 radical (unpaired) electrons. The highest BCUT2D eigenvalue weighted by molar-refractivity contribution is 5.87. The number of alkyl carbamates (subject to hydrolysis) is 1. The maximum Gasteiger partial charge on any atom is 0.408 e. The first-order valence-electron chi connectivity index (χ1n) is 14.1. The number of amides is 2. The van der Waals surface area contributed by atoms with Crippen LogP contribution in [0, 0.1) is 17.0 Å². The minimum Gasteiger partial charge on any atom is -0.458 e. The number of carbonyl (C=O) groups is 2. The number of halogens is 2. The van der Waals surface area contributed by atoms with Crippen LogP contribution in [0.4, 0.5) is 13.6 Å². The zero-order chi connectivity index (χ0) is 29.1. The van der Waals surface area contributed by atoms with Crippen LogP contribution in [-0.4, -0.2) is 65.7 Å². The SMILES string of the molecule is CC(C)(C)C(NC(=O)OCc1ccccc1)C(=O)N1CCC2C1C(Oc1ccc(F)c(F)c1)=CN2C1CCOCC1. The number of rotatable bonds is 7. The maximum absolute atomic E-state index is 14.1. The number of hydrogen-bond acceptors (Lipinski definition) is 6. The van der Waals surface area contributed by atoms with Crippen LogP contribution < -0.4 is 10.1 Å². The van der Waals surface area contributed by atoms with E-state index in [1.807, 2.05) is 57.3 Å². The van der Waals surface area contributed by atoms with E-state index in [4.69, 9.17) is 14.2 Å². The van der Waals surface area contributed by atoms with Crippen LogP contribution in [0.25, 0.3) is 0 Å². The summed E-state index contributed by atoms with van der Waals surface area (Å²) in [4.78, 5) is 30.9. The molecular formula is C31H37F2N3O5. The summed E-state index contributed by atoms with van der Waals surface area (Å²) in [6.07, 6.45) is 3.60. The fraction of sp³-hybridized carbons (Fsp3) is 0.484. The number of likely N-dealkylation sites (tertiary alicyclic amines) is 1. The van der Waals surface area contributed by atoms with E-state index in [0.717, 1.165) is 30.5 Å². The smallest absolute Gasteiger partial charge is 0.408 e. The molecule has 2 saturated heterocycles. The number of nitrogens with zero attached hydrogens (tertiary/aromatic N) is 2. The van der Waals surface area contributed by atoms with E-state index >= 15 is 0 Å². The van der Waals surface area contributed by atoms with Gasteiger partial charge >= 0.3 is 6.09 Å². The van der Waals surface area contributed by atoms with E-state index < -0.39 is 35.2 Å². The Kier molecular flexibility index (Phi) is 8.49. The maximum atomic E-state index is 14.1. The van der Waals surface area contributed by atoms with Gasteiger partial charge in [0.1, 0.15) is 30.2 Å². The molecule has 3 atom stereocenters. The van der Waals surface area contributed by atoms with Crippen LogP contribution in [-0.2, 0) is 20.9 Å². The molecule has 2 aromatic carbocycles. The second-order valence-electron chi connectivity index (χ2n) is 11.8. The Labute approximate surface area is 239 Å². The fourth-order valence-electron chi connectivity index (χ4n) is 5.82. The van der Waals surface area contributed by atoms with Crippen LogP contribution in [0.15, 0.2) is 60.5 Å². The molecule has 3 aliphatic heterocycles. The summed E-state index contributed by atoms with van der Waals surface area (Å²) >= 11 is 0. The van der Waals surface area contributed by atoms with Gasteiger partial charge in [-0.05, 0) is 42.4 Å². The molecule has 220 valence electrons. The van der Waals surface area contributed by atoms with Crippen LogP contribution in [0.3, 0.4) is 0 Å². The fourth-order valence-corrected chi connectivity index (χ4v) is 5.82. The lowest BCUT2D eigenvalue weighted by molar-refractivity contribution is -0.136.